The van der Waals surface area contributed by atoms with E-state index < -0.39 is 0 Å². The number of para-hydroxylation sites is 1. The molecule has 0 aromatic heterocycles. The van der Waals surface area contributed by atoms with Crippen LogP contribution in [-0.2, 0) is 4.74 Å². The van der Waals surface area contributed by atoms with E-state index in [0.29, 0.717) is 6.10 Å². The molecule has 18 heavy (non-hydrogen) atoms. The number of ether oxygens (including phenoxy) is 1. The second-order valence-corrected chi connectivity index (χ2v) is 4.92. The lowest BCUT2D eigenvalue weighted by molar-refractivity contribution is 0.0411. The van der Waals surface area contributed by atoms with Crippen LogP contribution in [0.4, 0.5) is 5.69 Å². The zero-order valence-corrected chi connectivity index (χ0v) is 11.3. The fourth-order valence-electron chi connectivity index (χ4n) is 2.46. The number of benzene rings is 1. The summed E-state index contributed by atoms with van der Waals surface area (Å²) in [4.78, 5) is 2.54. The van der Waals surface area contributed by atoms with Gasteiger partial charge in [-0.25, -0.2) is 0 Å². The van der Waals surface area contributed by atoms with Gasteiger partial charge in [-0.2, -0.15) is 0 Å². The predicted octanol–water partition coefficient (Wildman–Crippen LogP) is 2.60. The number of anilines is 1. The van der Waals surface area contributed by atoms with Crippen molar-refractivity contribution >= 4 is 5.69 Å². The Bertz CT molecular complexity index is 321. The lowest BCUT2D eigenvalue weighted by Crippen LogP contribution is -2.37. The molecule has 0 radical (unpaired) electrons. The van der Waals surface area contributed by atoms with Crippen molar-refractivity contribution in [3.05, 3.63) is 30.3 Å². The zero-order valence-electron chi connectivity index (χ0n) is 11.3. The van der Waals surface area contributed by atoms with Crippen molar-refractivity contribution in [2.45, 2.75) is 25.4 Å². The molecule has 0 amide bonds. The van der Waals surface area contributed by atoms with Crippen LogP contribution in [0, 0.1) is 0 Å². The number of hydrogen-bond acceptors (Lipinski definition) is 3. The van der Waals surface area contributed by atoms with Gasteiger partial charge >= 0.3 is 0 Å². The second-order valence-electron chi connectivity index (χ2n) is 4.92. The summed E-state index contributed by atoms with van der Waals surface area (Å²) in [5.41, 5.74) is 1.22. The van der Waals surface area contributed by atoms with Gasteiger partial charge in [0.05, 0.1) is 6.10 Å². The predicted molar refractivity (Wildman–Crippen MR) is 76.0 cm³/mol. The van der Waals surface area contributed by atoms with E-state index >= 15 is 0 Å². The molecule has 2 rings (SSSR count). The largest absolute Gasteiger partial charge is 0.385 e. The Morgan fingerprint density at radius 3 is 2.61 bits per heavy atom. The van der Waals surface area contributed by atoms with Gasteiger partial charge in [-0.3, -0.25) is 0 Å². The van der Waals surface area contributed by atoms with Crippen LogP contribution in [0.5, 0.6) is 0 Å². The quantitative estimate of drug-likeness (QED) is 0.783. The highest BCUT2D eigenvalue weighted by Crippen LogP contribution is 2.13. The third kappa shape index (κ3) is 4.31. The molecular formula is C15H24N2O. The summed E-state index contributed by atoms with van der Waals surface area (Å²) < 4.78 is 5.38. The van der Waals surface area contributed by atoms with Crippen LogP contribution in [0.2, 0.25) is 0 Å². The van der Waals surface area contributed by atoms with Crippen molar-refractivity contribution in [1.82, 2.24) is 4.90 Å². The van der Waals surface area contributed by atoms with E-state index in [1.165, 1.54) is 44.6 Å². The first-order chi connectivity index (χ1) is 8.88. The Labute approximate surface area is 110 Å². The van der Waals surface area contributed by atoms with E-state index in [0.717, 1.165) is 6.54 Å². The van der Waals surface area contributed by atoms with Crippen LogP contribution in [0.1, 0.15) is 19.3 Å². The highest BCUT2D eigenvalue weighted by Gasteiger charge is 2.17. The Morgan fingerprint density at radius 1 is 1.22 bits per heavy atom. The Hall–Kier alpha value is -1.06. The summed E-state index contributed by atoms with van der Waals surface area (Å²) in [7, 11) is 1.82. The van der Waals surface area contributed by atoms with E-state index in [9.17, 15) is 0 Å². The Kier molecular flexibility index (Phi) is 5.49. The number of nitrogens with zero attached hydrogens (tertiary/aromatic N) is 1. The van der Waals surface area contributed by atoms with Crippen molar-refractivity contribution in [2.24, 2.45) is 0 Å². The summed E-state index contributed by atoms with van der Waals surface area (Å²) in [6.45, 7) is 4.61. The average Bonchev–Trinajstić information content (AvgIpc) is 2.45. The first-order valence-electron chi connectivity index (χ1n) is 6.92. The molecule has 1 saturated heterocycles. The maximum Gasteiger partial charge on any atom is 0.0595 e. The minimum atomic E-state index is 0.490. The topological polar surface area (TPSA) is 24.5 Å². The molecule has 0 saturated carbocycles. The summed E-state index contributed by atoms with van der Waals surface area (Å²) in [5, 5.41) is 3.45. The molecule has 1 heterocycles. The van der Waals surface area contributed by atoms with E-state index in [2.05, 4.69) is 34.5 Å². The highest BCUT2D eigenvalue weighted by molar-refractivity contribution is 5.42. The summed E-state index contributed by atoms with van der Waals surface area (Å²) in [6.07, 6.45) is 4.06. The van der Waals surface area contributed by atoms with Gasteiger partial charge in [-0.1, -0.05) is 18.2 Å². The number of nitrogens with one attached hydrogen (secondary N) is 1. The normalized spacial score (nSPS) is 17.8. The number of likely N-dealkylation sites (tertiary alicyclic amines) is 1. The fraction of sp³-hybridized carbons (Fsp3) is 0.600. The molecule has 0 spiro atoms. The third-order valence-corrected chi connectivity index (χ3v) is 3.62. The van der Waals surface area contributed by atoms with Crippen LogP contribution in [0.25, 0.3) is 0 Å². The van der Waals surface area contributed by atoms with Gasteiger partial charge in [-0.05, 0) is 37.9 Å². The SMILES string of the molecule is COC1CCN(CCCNc2ccccc2)CC1. The van der Waals surface area contributed by atoms with Crippen LogP contribution in [0.15, 0.2) is 30.3 Å². The molecule has 0 unspecified atom stereocenters. The Balaban J connectivity index is 1.56. The van der Waals surface area contributed by atoms with Gasteiger partial charge in [0, 0.05) is 32.4 Å². The zero-order chi connectivity index (χ0) is 12.6. The number of rotatable bonds is 6. The summed E-state index contributed by atoms with van der Waals surface area (Å²) in [5.74, 6) is 0. The van der Waals surface area contributed by atoms with Gasteiger partial charge in [0.1, 0.15) is 0 Å². The average molecular weight is 248 g/mol. The number of hydrogen-bond donors (Lipinski definition) is 1. The van der Waals surface area contributed by atoms with Gasteiger partial charge in [-0.15, -0.1) is 0 Å². The van der Waals surface area contributed by atoms with Gasteiger partial charge in [0.25, 0.3) is 0 Å². The first-order valence-corrected chi connectivity index (χ1v) is 6.92. The minimum absolute atomic E-state index is 0.490. The summed E-state index contributed by atoms with van der Waals surface area (Å²) in [6, 6.07) is 10.4. The highest BCUT2D eigenvalue weighted by atomic mass is 16.5. The molecule has 1 aromatic carbocycles. The lowest BCUT2D eigenvalue weighted by Gasteiger charge is -2.31. The molecule has 1 N–H and O–H groups in total. The molecule has 0 aliphatic carbocycles. The lowest BCUT2D eigenvalue weighted by atomic mass is 10.1. The van der Waals surface area contributed by atoms with Crippen molar-refractivity contribution in [3.8, 4) is 0 Å². The molecule has 1 aromatic rings. The van der Waals surface area contributed by atoms with E-state index in [-0.39, 0.29) is 0 Å². The maximum atomic E-state index is 5.38. The van der Waals surface area contributed by atoms with E-state index in [4.69, 9.17) is 4.74 Å². The minimum Gasteiger partial charge on any atom is -0.385 e. The smallest absolute Gasteiger partial charge is 0.0595 e. The molecule has 3 nitrogen and oxygen atoms in total. The van der Waals surface area contributed by atoms with Crippen molar-refractivity contribution in [1.29, 1.82) is 0 Å². The van der Waals surface area contributed by atoms with Gasteiger partial charge in [0.2, 0.25) is 0 Å². The molecule has 0 bridgehead atoms. The third-order valence-electron chi connectivity index (χ3n) is 3.62. The maximum absolute atomic E-state index is 5.38. The van der Waals surface area contributed by atoms with Crippen LogP contribution in [-0.4, -0.2) is 44.3 Å². The summed E-state index contributed by atoms with van der Waals surface area (Å²) >= 11 is 0. The Morgan fingerprint density at radius 2 is 1.94 bits per heavy atom. The van der Waals surface area contributed by atoms with Crippen molar-refractivity contribution in [3.63, 3.8) is 0 Å². The number of piperidine rings is 1. The molecule has 100 valence electrons. The van der Waals surface area contributed by atoms with Crippen LogP contribution < -0.4 is 5.32 Å². The van der Waals surface area contributed by atoms with Crippen LogP contribution >= 0.6 is 0 Å². The van der Waals surface area contributed by atoms with Crippen molar-refractivity contribution < 1.29 is 4.74 Å². The van der Waals surface area contributed by atoms with Crippen molar-refractivity contribution in [2.75, 3.05) is 38.6 Å². The standard InChI is InChI=1S/C15H24N2O/c1-18-15-8-12-17(13-9-15)11-5-10-16-14-6-3-2-4-7-14/h2-4,6-7,15-16H,5,8-13H2,1H3. The fourth-order valence-corrected chi connectivity index (χ4v) is 2.46. The van der Waals surface area contributed by atoms with Gasteiger partial charge < -0.3 is 15.0 Å². The number of methoxy groups -OCH3 is 1. The first kappa shape index (κ1) is 13.4. The van der Waals surface area contributed by atoms with Gasteiger partial charge in [0.15, 0.2) is 0 Å². The molecule has 1 aliphatic heterocycles. The van der Waals surface area contributed by atoms with E-state index in [1.54, 1.807) is 0 Å². The second kappa shape index (κ2) is 7.39. The molecule has 1 fully saturated rings. The van der Waals surface area contributed by atoms with E-state index in [1.807, 2.05) is 13.2 Å². The molecule has 3 heteroatoms. The molecule has 1 aliphatic rings. The molecular weight excluding hydrogens is 224 g/mol. The van der Waals surface area contributed by atoms with Crippen LogP contribution in [0.3, 0.4) is 0 Å². The monoisotopic (exact) mass is 248 g/mol. The molecule has 0 atom stereocenters.